The Balaban J connectivity index is 1.87. The number of aromatic nitrogens is 2. The van der Waals surface area contributed by atoms with Crippen molar-refractivity contribution in [3.63, 3.8) is 0 Å². The number of amides is 1. The number of rotatable bonds is 6. The third kappa shape index (κ3) is 4.31. The molecule has 1 amide bonds. The van der Waals surface area contributed by atoms with Gasteiger partial charge in [-0.25, -0.2) is 16.8 Å². The van der Waals surface area contributed by atoms with Gasteiger partial charge in [-0.05, 0) is 38.5 Å². The van der Waals surface area contributed by atoms with Crippen LogP contribution in [0.25, 0.3) is 0 Å². The molecule has 0 radical (unpaired) electrons. The lowest BCUT2D eigenvalue weighted by molar-refractivity contribution is 0.0997. The second-order valence-electron chi connectivity index (χ2n) is 7.15. The molecule has 3 rings (SSSR count). The topological polar surface area (TPSA) is 156 Å². The highest BCUT2D eigenvalue weighted by atomic mass is 32.2. The van der Waals surface area contributed by atoms with E-state index < -0.39 is 26.0 Å². The highest BCUT2D eigenvalue weighted by Crippen LogP contribution is 2.27. The Morgan fingerprint density at radius 3 is 2.19 bits per heavy atom. The average Bonchev–Trinajstić information content (AvgIpc) is 2.92. The number of aromatic amines is 1. The van der Waals surface area contributed by atoms with E-state index in [-0.39, 0.29) is 47.3 Å². The van der Waals surface area contributed by atoms with Crippen molar-refractivity contribution in [2.75, 3.05) is 33.3 Å². The van der Waals surface area contributed by atoms with Gasteiger partial charge in [0.2, 0.25) is 20.0 Å². The number of nitrogens with zero attached hydrogens (tertiary/aromatic N) is 3. The Labute approximate surface area is 181 Å². The SMILES string of the molecule is COc1ccc(S(=O)(=O)N2CCCN(S(=O)(=O)c3c(C)n[nH]c3C)CC2)cc1C(N)=O. The number of H-pyrrole nitrogens is 1. The largest absolute Gasteiger partial charge is 0.496 e. The monoisotopic (exact) mass is 471 g/mol. The second kappa shape index (κ2) is 8.57. The minimum Gasteiger partial charge on any atom is -0.496 e. The highest BCUT2D eigenvalue weighted by Gasteiger charge is 2.34. The van der Waals surface area contributed by atoms with E-state index in [0.717, 1.165) is 0 Å². The normalized spacial score (nSPS) is 16.7. The van der Waals surface area contributed by atoms with Crippen LogP contribution in [-0.4, -0.2) is 74.8 Å². The molecule has 0 saturated carbocycles. The fourth-order valence-corrected chi connectivity index (χ4v) is 6.89. The highest BCUT2D eigenvalue weighted by molar-refractivity contribution is 7.89. The first kappa shape index (κ1) is 23.2. The summed E-state index contributed by atoms with van der Waals surface area (Å²) in [6.07, 6.45) is 0.313. The van der Waals surface area contributed by atoms with Crippen LogP contribution in [-0.2, 0) is 20.0 Å². The summed E-state index contributed by atoms with van der Waals surface area (Å²) in [6.45, 7) is 3.50. The molecular weight excluding hydrogens is 446 g/mol. The number of carbonyl (C=O) groups is 1. The van der Waals surface area contributed by atoms with Crippen molar-refractivity contribution in [1.29, 1.82) is 0 Å². The van der Waals surface area contributed by atoms with Crippen molar-refractivity contribution in [3.8, 4) is 5.75 Å². The Kier molecular flexibility index (Phi) is 6.41. The van der Waals surface area contributed by atoms with Crippen molar-refractivity contribution in [3.05, 3.63) is 35.2 Å². The van der Waals surface area contributed by atoms with Gasteiger partial charge in [0.05, 0.1) is 29.0 Å². The van der Waals surface area contributed by atoms with Gasteiger partial charge in [0, 0.05) is 26.2 Å². The molecule has 0 spiro atoms. The third-order valence-corrected chi connectivity index (χ3v) is 9.20. The number of aryl methyl sites for hydroxylation is 2. The van der Waals surface area contributed by atoms with Crippen LogP contribution in [0.4, 0.5) is 0 Å². The number of nitrogens with one attached hydrogen (secondary N) is 1. The molecule has 1 aliphatic heterocycles. The van der Waals surface area contributed by atoms with Crippen molar-refractivity contribution in [1.82, 2.24) is 18.8 Å². The number of methoxy groups -OCH3 is 1. The zero-order chi connectivity index (χ0) is 23.0. The lowest BCUT2D eigenvalue weighted by atomic mass is 10.2. The van der Waals surface area contributed by atoms with Crippen molar-refractivity contribution < 1.29 is 26.4 Å². The number of carbonyl (C=O) groups excluding carboxylic acids is 1. The number of sulfonamides is 2. The maximum atomic E-state index is 13.2. The molecule has 0 atom stereocenters. The van der Waals surface area contributed by atoms with Crippen LogP contribution in [0.3, 0.4) is 0 Å². The number of benzene rings is 1. The molecule has 1 aliphatic rings. The summed E-state index contributed by atoms with van der Waals surface area (Å²) in [4.78, 5) is 11.7. The summed E-state index contributed by atoms with van der Waals surface area (Å²) in [5, 5.41) is 6.61. The first-order chi connectivity index (χ1) is 14.5. The predicted molar refractivity (Wildman–Crippen MR) is 112 cm³/mol. The zero-order valence-electron chi connectivity index (χ0n) is 17.5. The minimum atomic E-state index is -3.98. The number of primary amides is 1. The second-order valence-corrected chi connectivity index (χ2v) is 11.0. The fraction of sp³-hybridized carbons (Fsp3) is 0.444. The molecule has 2 aromatic rings. The first-order valence-corrected chi connectivity index (χ1v) is 12.4. The maximum absolute atomic E-state index is 13.2. The predicted octanol–water partition coefficient (Wildman–Crippen LogP) is 0.219. The number of ether oxygens (including phenoxy) is 1. The molecule has 2 heterocycles. The molecule has 13 heteroatoms. The van der Waals surface area contributed by atoms with Gasteiger partial charge in [-0.2, -0.15) is 13.7 Å². The Hall–Kier alpha value is -2.48. The van der Waals surface area contributed by atoms with Crippen LogP contribution < -0.4 is 10.5 Å². The third-order valence-electron chi connectivity index (χ3n) is 5.15. The van der Waals surface area contributed by atoms with Gasteiger partial charge in [0.1, 0.15) is 10.6 Å². The van der Waals surface area contributed by atoms with Gasteiger partial charge >= 0.3 is 0 Å². The Morgan fingerprint density at radius 1 is 1.06 bits per heavy atom. The van der Waals surface area contributed by atoms with E-state index in [4.69, 9.17) is 10.5 Å². The van der Waals surface area contributed by atoms with Crippen LogP contribution >= 0.6 is 0 Å². The summed E-state index contributed by atoms with van der Waals surface area (Å²) >= 11 is 0. The van der Waals surface area contributed by atoms with E-state index in [1.807, 2.05) is 0 Å². The number of hydrogen-bond acceptors (Lipinski definition) is 7. The molecule has 3 N–H and O–H groups in total. The fourth-order valence-electron chi connectivity index (χ4n) is 3.59. The van der Waals surface area contributed by atoms with E-state index in [1.165, 1.54) is 33.9 Å². The maximum Gasteiger partial charge on any atom is 0.252 e. The van der Waals surface area contributed by atoms with Gasteiger partial charge < -0.3 is 10.5 Å². The molecule has 1 aromatic carbocycles. The van der Waals surface area contributed by atoms with E-state index in [0.29, 0.717) is 17.8 Å². The Bertz CT molecular complexity index is 1190. The van der Waals surface area contributed by atoms with Crippen LogP contribution in [0.2, 0.25) is 0 Å². The molecule has 31 heavy (non-hydrogen) atoms. The Morgan fingerprint density at radius 2 is 1.68 bits per heavy atom. The van der Waals surface area contributed by atoms with Crippen LogP contribution in [0, 0.1) is 13.8 Å². The lowest BCUT2D eigenvalue weighted by Gasteiger charge is -2.22. The van der Waals surface area contributed by atoms with Crippen LogP contribution in [0.5, 0.6) is 5.75 Å². The first-order valence-electron chi connectivity index (χ1n) is 9.50. The quantitative estimate of drug-likeness (QED) is 0.610. The van der Waals surface area contributed by atoms with Gasteiger partial charge in [-0.3, -0.25) is 9.89 Å². The molecule has 11 nitrogen and oxygen atoms in total. The van der Waals surface area contributed by atoms with Gasteiger partial charge in [0.15, 0.2) is 0 Å². The lowest BCUT2D eigenvalue weighted by Crippen LogP contribution is -2.37. The molecule has 1 fully saturated rings. The molecule has 0 unspecified atom stereocenters. The van der Waals surface area contributed by atoms with E-state index >= 15 is 0 Å². The van der Waals surface area contributed by atoms with Gasteiger partial charge in [-0.1, -0.05) is 0 Å². The van der Waals surface area contributed by atoms with Crippen LogP contribution in [0.1, 0.15) is 28.2 Å². The minimum absolute atomic E-state index is 0.00947. The van der Waals surface area contributed by atoms with Crippen molar-refractivity contribution >= 4 is 26.0 Å². The summed E-state index contributed by atoms with van der Waals surface area (Å²) in [6, 6.07) is 3.87. The van der Waals surface area contributed by atoms with Gasteiger partial charge in [0.25, 0.3) is 5.91 Å². The summed E-state index contributed by atoms with van der Waals surface area (Å²) in [7, 11) is -6.45. The van der Waals surface area contributed by atoms with Crippen molar-refractivity contribution in [2.24, 2.45) is 5.73 Å². The summed E-state index contributed by atoms with van der Waals surface area (Å²) < 4.78 is 60.0. The molecule has 0 bridgehead atoms. The molecule has 1 saturated heterocycles. The van der Waals surface area contributed by atoms with E-state index in [1.54, 1.807) is 13.8 Å². The van der Waals surface area contributed by atoms with Gasteiger partial charge in [-0.15, -0.1) is 0 Å². The molecule has 170 valence electrons. The number of nitrogens with two attached hydrogens (primary N) is 1. The standard InChI is InChI=1S/C18H25N5O6S2/c1-12-17(13(2)21-20-12)31(27,28)23-8-4-7-22(9-10-23)30(25,26)14-5-6-16(29-3)15(11-14)18(19)24/h5-6,11H,4,7-10H2,1-3H3,(H2,19,24)(H,20,21). The zero-order valence-corrected chi connectivity index (χ0v) is 19.1. The molecular formula is C18H25N5O6S2. The van der Waals surface area contributed by atoms with E-state index in [9.17, 15) is 21.6 Å². The smallest absolute Gasteiger partial charge is 0.252 e. The van der Waals surface area contributed by atoms with E-state index in [2.05, 4.69) is 10.2 Å². The summed E-state index contributed by atoms with van der Waals surface area (Å²) in [5.74, 6) is -0.640. The van der Waals surface area contributed by atoms with Crippen LogP contribution in [0.15, 0.2) is 28.0 Å². The average molecular weight is 472 g/mol. The molecule has 1 aromatic heterocycles. The molecule has 0 aliphatic carbocycles. The number of hydrogen-bond donors (Lipinski definition) is 2. The van der Waals surface area contributed by atoms with Crippen molar-refractivity contribution in [2.45, 2.75) is 30.1 Å². The summed E-state index contributed by atoms with van der Waals surface area (Å²) in [5.41, 5.74) is 6.08.